The molecular formula is C20H24N2O2. The minimum absolute atomic E-state index is 0.0122. The predicted octanol–water partition coefficient (Wildman–Crippen LogP) is 3.80. The van der Waals surface area contributed by atoms with Crippen molar-refractivity contribution in [2.24, 2.45) is 0 Å². The van der Waals surface area contributed by atoms with Crippen molar-refractivity contribution in [3.05, 3.63) is 59.7 Å². The lowest BCUT2D eigenvalue weighted by molar-refractivity contribution is 0.0946. The van der Waals surface area contributed by atoms with Gasteiger partial charge in [-0.15, -0.1) is 0 Å². The zero-order valence-electron chi connectivity index (χ0n) is 14.4. The molecule has 2 aromatic carbocycles. The minimum Gasteiger partial charge on any atom is -0.482 e. The molecule has 4 heteroatoms. The number of Topliss-reactive ketones (excluding diaryl/α,β-unsaturated/α-hetero) is 1. The molecule has 2 N–H and O–H groups in total. The van der Waals surface area contributed by atoms with Gasteiger partial charge in [-0.25, -0.2) is 0 Å². The second-order valence-corrected chi connectivity index (χ2v) is 6.52. The van der Waals surface area contributed by atoms with Crippen molar-refractivity contribution in [3.8, 4) is 5.75 Å². The van der Waals surface area contributed by atoms with Crippen LogP contribution in [0.15, 0.2) is 48.5 Å². The molecule has 24 heavy (non-hydrogen) atoms. The molecule has 126 valence electrons. The summed E-state index contributed by atoms with van der Waals surface area (Å²) in [5.41, 5.74) is 2.72. The first-order chi connectivity index (χ1) is 11.5. The fourth-order valence-corrected chi connectivity index (χ4v) is 3.00. The number of hydrogen-bond acceptors (Lipinski definition) is 4. The lowest BCUT2D eigenvalue weighted by Gasteiger charge is -2.28. The van der Waals surface area contributed by atoms with Crippen LogP contribution in [0.2, 0.25) is 0 Å². The molecule has 2 unspecified atom stereocenters. The van der Waals surface area contributed by atoms with Crippen LogP contribution in [0.25, 0.3) is 0 Å². The van der Waals surface area contributed by atoms with Gasteiger partial charge in [-0.2, -0.15) is 0 Å². The van der Waals surface area contributed by atoms with Gasteiger partial charge < -0.3 is 15.4 Å². The summed E-state index contributed by atoms with van der Waals surface area (Å²) in [6, 6.07) is 15.8. The molecule has 1 aliphatic heterocycles. The Kier molecular flexibility index (Phi) is 4.86. The number of anilines is 1. The van der Waals surface area contributed by atoms with E-state index in [9.17, 15) is 4.79 Å². The van der Waals surface area contributed by atoms with E-state index in [1.807, 2.05) is 57.2 Å². The van der Waals surface area contributed by atoms with Crippen LogP contribution >= 0.6 is 0 Å². The molecule has 3 rings (SSSR count). The Morgan fingerprint density at radius 1 is 1.17 bits per heavy atom. The molecule has 0 radical (unpaired) electrons. The molecule has 2 aromatic rings. The molecule has 0 aliphatic carbocycles. The molecule has 0 fully saturated rings. The van der Waals surface area contributed by atoms with Gasteiger partial charge in [0, 0.05) is 11.6 Å². The Balaban J connectivity index is 1.75. The van der Waals surface area contributed by atoms with Crippen LogP contribution in [0.5, 0.6) is 5.75 Å². The third-order valence-electron chi connectivity index (χ3n) is 4.16. The summed E-state index contributed by atoms with van der Waals surface area (Å²) < 4.78 is 6.09. The number of ether oxygens (including phenoxy) is 1. The Hall–Kier alpha value is -2.33. The van der Waals surface area contributed by atoms with Gasteiger partial charge in [0.2, 0.25) is 0 Å². The normalized spacial score (nSPS) is 17.6. The van der Waals surface area contributed by atoms with E-state index in [0.717, 1.165) is 17.0 Å². The van der Waals surface area contributed by atoms with E-state index in [4.69, 9.17) is 4.74 Å². The molecule has 2 atom stereocenters. The van der Waals surface area contributed by atoms with Crippen LogP contribution in [-0.4, -0.2) is 24.4 Å². The second-order valence-electron chi connectivity index (χ2n) is 6.52. The second kappa shape index (κ2) is 7.05. The number of hydrogen-bond donors (Lipinski definition) is 2. The summed E-state index contributed by atoms with van der Waals surface area (Å²) in [6.07, 6.45) is -0.0122. The van der Waals surface area contributed by atoms with Crippen molar-refractivity contribution in [3.63, 3.8) is 0 Å². The van der Waals surface area contributed by atoms with Crippen molar-refractivity contribution >= 4 is 11.5 Å². The third kappa shape index (κ3) is 3.60. The molecule has 0 aromatic heterocycles. The lowest BCUT2D eigenvalue weighted by Crippen LogP contribution is -2.38. The van der Waals surface area contributed by atoms with Gasteiger partial charge in [0.15, 0.2) is 5.78 Å². The largest absolute Gasteiger partial charge is 0.482 e. The number of rotatable bonds is 5. The highest BCUT2D eigenvalue weighted by molar-refractivity contribution is 6.01. The van der Waals surface area contributed by atoms with Crippen molar-refractivity contribution in [2.45, 2.75) is 39.0 Å². The highest BCUT2D eigenvalue weighted by Crippen LogP contribution is 2.35. The molecule has 0 amide bonds. The molecule has 1 heterocycles. The van der Waals surface area contributed by atoms with Gasteiger partial charge in [-0.3, -0.25) is 4.79 Å². The summed E-state index contributed by atoms with van der Waals surface area (Å²) in [5, 5.41) is 6.64. The quantitative estimate of drug-likeness (QED) is 0.821. The highest BCUT2D eigenvalue weighted by atomic mass is 16.5. The van der Waals surface area contributed by atoms with Gasteiger partial charge in [0.1, 0.15) is 11.9 Å². The fourth-order valence-electron chi connectivity index (χ4n) is 3.00. The Labute approximate surface area is 143 Å². The summed E-state index contributed by atoms with van der Waals surface area (Å²) in [5.74, 6) is 0.884. The summed E-state index contributed by atoms with van der Waals surface area (Å²) in [4.78, 5) is 12.5. The number of nitrogens with one attached hydrogen (secondary N) is 2. The smallest absolute Gasteiger partial charge is 0.179 e. The number of carbonyl (C=O) groups is 1. The molecule has 0 saturated heterocycles. The van der Waals surface area contributed by atoms with Crippen LogP contribution in [0, 0.1) is 0 Å². The SMILES string of the molecule is CC(C)NC(C)C(=O)c1ccc2c(c1)NCC(c1ccccc1)O2. The van der Waals surface area contributed by atoms with E-state index in [-0.39, 0.29) is 24.0 Å². The Morgan fingerprint density at radius 2 is 1.92 bits per heavy atom. The van der Waals surface area contributed by atoms with E-state index in [1.54, 1.807) is 0 Å². The zero-order valence-corrected chi connectivity index (χ0v) is 14.4. The first-order valence-corrected chi connectivity index (χ1v) is 8.44. The number of ketones is 1. The maximum absolute atomic E-state index is 12.5. The van der Waals surface area contributed by atoms with Crippen LogP contribution in [0.3, 0.4) is 0 Å². The van der Waals surface area contributed by atoms with Crippen molar-refractivity contribution in [1.82, 2.24) is 5.32 Å². The first kappa shape index (κ1) is 16.5. The summed E-state index contributed by atoms with van der Waals surface area (Å²) >= 11 is 0. The molecular weight excluding hydrogens is 300 g/mol. The van der Waals surface area contributed by atoms with Crippen molar-refractivity contribution in [2.75, 3.05) is 11.9 Å². The maximum atomic E-state index is 12.5. The Morgan fingerprint density at radius 3 is 2.62 bits per heavy atom. The average molecular weight is 324 g/mol. The molecule has 0 saturated carbocycles. The third-order valence-corrected chi connectivity index (χ3v) is 4.16. The van der Waals surface area contributed by atoms with Gasteiger partial charge in [0.05, 0.1) is 18.3 Å². The van der Waals surface area contributed by atoms with Gasteiger partial charge in [-0.1, -0.05) is 44.2 Å². The summed E-state index contributed by atoms with van der Waals surface area (Å²) in [6.45, 7) is 6.66. The average Bonchev–Trinajstić information content (AvgIpc) is 2.60. The number of fused-ring (bicyclic) bond motifs is 1. The Bertz CT molecular complexity index is 713. The van der Waals surface area contributed by atoms with E-state index in [2.05, 4.69) is 22.8 Å². The maximum Gasteiger partial charge on any atom is 0.179 e. The van der Waals surface area contributed by atoms with Crippen LogP contribution in [0.1, 0.15) is 42.8 Å². The van der Waals surface area contributed by atoms with Crippen LogP contribution in [0.4, 0.5) is 5.69 Å². The van der Waals surface area contributed by atoms with E-state index in [1.165, 1.54) is 0 Å². The first-order valence-electron chi connectivity index (χ1n) is 8.44. The van der Waals surface area contributed by atoms with Gasteiger partial charge in [0.25, 0.3) is 0 Å². The van der Waals surface area contributed by atoms with E-state index in [0.29, 0.717) is 12.1 Å². The minimum atomic E-state index is -0.204. The zero-order chi connectivity index (χ0) is 17.1. The van der Waals surface area contributed by atoms with Crippen molar-refractivity contribution < 1.29 is 9.53 Å². The van der Waals surface area contributed by atoms with Crippen molar-refractivity contribution in [1.29, 1.82) is 0 Å². The standard InChI is InChI=1S/C20H24N2O2/c1-13(2)22-14(3)20(23)16-9-10-18-17(11-16)21-12-19(24-18)15-7-5-4-6-8-15/h4-11,13-14,19,21-22H,12H2,1-3H3. The topological polar surface area (TPSA) is 50.4 Å². The number of benzene rings is 2. The predicted molar refractivity (Wildman–Crippen MR) is 96.8 cm³/mol. The van der Waals surface area contributed by atoms with Gasteiger partial charge >= 0.3 is 0 Å². The van der Waals surface area contributed by atoms with E-state index >= 15 is 0 Å². The molecule has 1 aliphatic rings. The lowest BCUT2D eigenvalue weighted by atomic mass is 10.0. The molecule has 0 bridgehead atoms. The molecule has 4 nitrogen and oxygen atoms in total. The monoisotopic (exact) mass is 324 g/mol. The van der Waals surface area contributed by atoms with Crippen LogP contribution < -0.4 is 15.4 Å². The highest BCUT2D eigenvalue weighted by Gasteiger charge is 2.23. The fraction of sp³-hybridized carbons (Fsp3) is 0.350. The summed E-state index contributed by atoms with van der Waals surface area (Å²) in [7, 11) is 0. The van der Waals surface area contributed by atoms with Crippen LogP contribution in [-0.2, 0) is 0 Å². The number of carbonyl (C=O) groups excluding carboxylic acids is 1. The van der Waals surface area contributed by atoms with Gasteiger partial charge in [-0.05, 0) is 30.7 Å². The van der Waals surface area contributed by atoms with E-state index < -0.39 is 0 Å². The molecule has 0 spiro atoms.